The summed E-state index contributed by atoms with van der Waals surface area (Å²) in [7, 11) is 0. The first-order valence-corrected chi connectivity index (χ1v) is 6.03. The Morgan fingerprint density at radius 3 is 2.32 bits per heavy atom. The molecule has 0 bridgehead atoms. The molecule has 0 radical (unpaired) electrons. The van der Waals surface area contributed by atoms with Gasteiger partial charge in [-0.25, -0.2) is 5.84 Å². The van der Waals surface area contributed by atoms with Crippen molar-refractivity contribution in [2.45, 2.75) is 13.0 Å². The summed E-state index contributed by atoms with van der Waals surface area (Å²) in [6.45, 7) is 0.531. The van der Waals surface area contributed by atoms with E-state index in [1.54, 1.807) is 0 Å². The van der Waals surface area contributed by atoms with Crippen molar-refractivity contribution in [1.29, 1.82) is 0 Å². The minimum absolute atomic E-state index is 0.210. The van der Waals surface area contributed by atoms with Gasteiger partial charge in [0.2, 0.25) is 5.91 Å². The van der Waals surface area contributed by atoms with Crippen molar-refractivity contribution in [2.24, 2.45) is 5.84 Å². The number of nitrogens with one attached hydrogen (secondary N) is 1. The number of benzene rings is 2. The fourth-order valence-electron chi connectivity index (χ4n) is 1.68. The number of ether oxygens (including phenoxy) is 1. The van der Waals surface area contributed by atoms with E-state index in [2.05, 4.69) is 5.43 Å². The molecule has 4 nitrogen and oxygen atoms in total. The normalized spacial score (nSPS) is 9.95. The molecule has 0 fully saturated rings. The monoisotopic (exact) mass is 256 g/mol. The van der Waals surface area contributed by atoms with E-state index in [1.807, 2.05) is 54.6 Å². The Labute approximate surface area is 112 Å². The molecule has 2 rings (SSSR count). The highest BCUT2D eigenvalue weighted by atomic mass is 16.5. The van der Waals surface area contributed by atoms with Gasteiger partial charge >= 0.3 is 0 Å². The molecule has 0 aliphatic heterocycles. The van der Waals surface area contributed by atoms with E-state index in [4.69, 9.17) is 10.6 Å². The highest BCUT2D eigenvalue weighted by molar-refractivity contribution is 5.77. The van der Waals surface area contributed by atoms with Crippen LogP contribution in [0.3, 0.4) is 0 Å². The summed E-state index contributed by atoms with van der Waals surface area (Å²) in [4.78, 5) is 11.1. The van der Waals surface area contributed by atoms with Crippen molar-refractivity contribution in [3.05, 3.63) is 65.7 Å². The molecule has 98 valence electrons. The van der Waals surface area contributed by atoms with Crippen LogP contribution in [0, 0.1) is 0 Å². The van der Waals surface area contributed by atoms with Crippen LogP contribution in [0.15, 0.2) is 54.6 Å². The van der Waals surface area contributed by atoms with Crippen molar-refractivity contribution < 1.29 is 9.53 Å². The van der Waals surface area contributed by atoms with Gasteiger partial charge in [-0.3, -0.25) is 10.2 Å². The smallest absolute Gasteiger partial charge is 0.238 e. The first kappa shape index (κ1) is 13.1. The Kier molecular flexibility index (Phi) is 4.53. The molecule has 0 aromatic heterocycles. The van der Waals surface area contributed by atoms with Crippen molar-refractivity contribution in [3.8, 4) is 5.75 Å². The first-order chi connectivity index (χ1) is 9.28. The Bertz CT molecular complexity index is 524. The highest BCUT2D eigenvalue weighted by Gasteiger charge is 2.01. The molecule has 19 heavy (non-hydrogen) atoms. The zero-order valence-corrected chi connectivity index (χ0v) is 10.5. The number of carbonyl (C=O) groups excluding carboxylic acids is 1. The lowest BCUT2D eigenvalue weighted by Gasteiger charge is -2.07. The third-order valence-corrected chi connectivity index (χ3v) is 2.70. The third-order valence-electron chi connectivity index (χ3n) is 2.70. The van der Waals surface area contributed by atoms with Gasteiger partial charge in [0.15, 0.2) is 0 Å². The lowest BCUT2D eigenvalue weighted by molar-refractivity contribution is -0.120. The van der Waals surface area contributed by atoms with Crippen LogP contribution in [0.25, 0.3) is 0 Å². The Morgan fingerprint density at radius 1 is 1.00 bits per heavy atom. The maximum absolute atomic E-state index is 11.1. The van der Waals surface area contributed by atoms with E-state index in [1.165, 1.54) is 0 Å². The molecule has 0 heterocycles. The van der Waals surface area contributed by atoms with Crippen LogP contribution >= 0.6 is 0 Å². The number of rotatable bonds is 5. The van der Waals surface area contributed by atoms with Gasteiger partial charge in [0.25, 0.3) is 0 Å². The molecular formula is C15H16N2O2. The van der Waals surface area contributed by atoms with Gasteiger partial charge in [-0.15, -0.1) is 0 Å². The van der Waals surface area contributed by atoms with Gasteiger partial charge in [-0.05, 0) is 23.3 Å². The van der Waals surface area contributed by atoms with Crippen LogP contribution in [0.4, 0.5) is 0 Å². The summed E-state index contributed by atoms with van der Waals surface area (Å²) in [6, 6.07) is 17.4. The minimum atomic E-state index is -0.210. The summed E-state index contributed by atoms with van der Waals surface area (Å²) < 4.78 is 5.65. The van der Waals surface area contributed by atoms with Crippen LogP contribution < -0.4 is 16.0 Å². The van der Waals surface area contributed by atoms with E-state index in [0.29, 0.717) is 6.61 Å². The molecular weight excluding hydrogens is 240 g/mol. The lowest BCUT2D eigenvalue weighted by Crippen LogP contribution is -2.31. The Morgan fingerprint density at radius 2 is 1.68 bits per heavy atom. The number of hydrazine groups is 1. The maximum Gasteiger partial charge on any atom is 0.238 e. The van der Waals surface area contributed by atoms with Crippen LogP contribution in [0.5, 0.6) is 5.75 Å². The number of hydrogen-bond acceptors (Lipinski definition) is 3. The minimum Gasteiger partial charge on any atom is -0.489 e. The van der Waals surface area contributed by atoms with Crippen molar-refractivity contribution >= 4 is 5.91 Å². The van der Waals surface area contributed by atoms with Gasteiger partial charge in [0.1, 0.15) is 12.4 Å². The summed E-state index contributed by atoms with van der Waals surface area (Å²) in [5.41, 5.74) is 4.12. The molecule has 1 amide bonds. The van der Waals surface area contributed by atoms with E-state index in [-0.39, 0.29) is 12.3 Å². The van der Waals surface area contributed by atoms with E-state index < -0.39 is 0 Å². The quantitative estimate of drug-likeness (QED) is 0.487. The zero-order chi connectivity index (χ0) is 13.5. The molecule has 3 N–H and O–H groups in total. The molecule has 0 atom stereocenters. The molecule has 0 saturated carbocycles. The predicted molar refractivity (Wildman–Crippen MR) is 73.3 cm³/mol. The molecule has 0 saturated heterocycles. The summed E-state index contributed by atoms with van der Waals surface area (Å²) in [5, 5.41) is 0. The average Bonchev–Trinajstić information content (AvgIpc) is 2.47. The fourth-order valence-corrected chi connectivity index (χ4v) is 1.68. The fraction of sp³-hybridized carbons (Fsp3) is 0.133. The van der Waals surface area contributed by atoms with Crippen molar-refractivity contribution in [2.75, 3.05) is 0 Å². The summed E-state index contributed by atoms with van der Waals surface area (Å²) >= 11 is 0. The van der Waals surface area contributed by atoms with E-state index in [0.717, 1.165) is 16.9 Å². The number of carbonyl (C=O) groups is 1. The molecule has 4 heteroatoms. The second kappa shape index (κ2) is 6.56. The summed E-state index contributed by atoms with van der Waals surface area (Å²) in [5.74, 6) is 5.61. The van der Waals surface area contributed by atoms with Gasteiger partial charge in [-0.2, -0.15) is 0 Å². The second-order valence-corrected chi connectivity index (χ2v) is 4.16. The SMILES string of the molecule is NNC(=O)Cc1ccc(OCc2ccccc2)cc1. The zero-order valence-electron chi connectivity index (χ0n) is 10.5. The average molecular weight is 256 g/mol. The van der Waals surface area contributed by atoms with Crippen molar-refractivity contribution in [1.82, 2.24) is 5.43 Å². The summed E-state index contributed by atoms with van der Waals surface area (Å²) in [6.07, 6.45) is 0.273. The highest BCUT2D eigenvalue weighted by Crippen LogP contribution is 2.14. The van der Waals surface area contributed by atoms with Gasteiger partial charge in [-0.1, -0.05) is 42.5 Å². The van der Waals surface area contributed by atoms with E-state index in [9.17, 15) is 4.79 Å². The number of hydrogen-bond donors (Lipinski definition) is 2. The van der Waals surface area contributed by atoms with Crippen molar-refractivity contribution in [3.63, 3.8) is 0 Å². The molecule has 0 unspecified atom stereocenters. The topological polar surface area (TPSA) is 64.3 Å². The Balaban J connectivity index is 1.90. The molecule has 0 aliphatic carbocycles. The molecule has 2 aromatic rings. The van der Waals surface area contributed by atoms with Gasteiger partial charge in [0, 0.05) is 0 Å². The van der Waals surface area contributed by atoms with Crippen LogP contribution in [0.2, 0.25) is 0 Å². The van der Waals surface area contributed by atoms with Gasteiger partial charge in [0.05, 0.1) is 6.42 Å². The lowest BCUT2D eigenvalue weighted by atomic mass is 10.1. The third kappa shape index (κ3) is 4.12. The van der Waals surface area contributed by atoms with Crippen LogP contribution in [0.1, 0.15) is 11.1 Å². The van der Waals surface area contributed by atoms with Gasteiger partial charge < -0.3 is 4.74 Å². The predicted octanol–water partition coefficient (Wildman–Crippen LogP) is 1.80. The van der Waals surface area contributed by atoms with Crippen LogP contribution in [-0.2, 0) is 17.8 Å². The largest absolute Gasteiger partial charge is 0.489 e. The van der Waals surface area contributed by atoms with E-state index >= 15 is 0 Å². The maximum atomic E-state index is 11.1. The first-order valence-electron chi connectivity index (χ1n) is 6.03. The molecule has 0 spiro atoms. The van der Waals surface area contributed by atoms with Crippen LogP contribution in [-0.4, -0.2) is 5.91 Å². The number of nitrogens with two attached hydrogens (primary N) is 1. The standard InChI is InChI=1S/C15H16N2O2/c16-17-15(18)10-12-6-8-14(9-7-12)19-11-13-4-2-1-3-5-13/h1-9H,10-11,16H2,(H,17,18). The molecule has 0 aliphatic rings. The second-order valence-electron chi connectivity index (χ2n) is 4.16. The molecule has 2 aromatic carbocycles. The Hall–Kier alpha value is -2.33. The number of amides is 1.